The largest absolute Gasteiger partial charge is 3.00 e. The van der Waals surface area contributed by atoms with E-state index in [1.807, 2.05) is 30.7 Å². The van der Waals surface area contributed by atoms with Crippen molar-refractivity contribution in [1.29, 1.82) is 0 Å². The zero-order chi connectivity index (χ0) is 36.0. The third-order valence-electron chi connectivity index (χ3n) is 11.5. The van der Waals surface area contributed by atoms with E-state index in [9.17, 15) is 14.7 Å². The molecule has 3 aliphatic rings. The second-order valence-electron chi connectivity index (χ2n) is 15.2. The van der Waals surface area contributed by atoms with Gasteiger partial charge in [-0.2, -0.15) is 11.4 Å². The number of nitrogens with zero attached hydrogens (tertiary/aromatic N) is 7. The van der Waals surface area contributed by atoms with Crippen LogP contribution in [-0.4, -0.2) is 93.4 Å². The Kier molecular flexibility index (Phi) is 14.6. The Labute approximate surface area is 330 Å². The number of carbonyl (C=O) groups is 1. The molecule has 0 bridgehead atoms. The van der Waals surface area contributed by atoms with Crippen LogP contribution in [-0.2, 0) is 21.3 Å². The van der Waals surface area contributed by atoms with Gasteiger partial charge in [-0.05, 0) is 87.2 Å². The number of likely N-dealkylation sites (tertiary alicyclic amines) is 1. The molecule has 1 aromatic carbocycles. The Bertz CT molecular complexity index is 1810. The van der Waals surface area contributed by atoms with E-state index < -0.39 is 0 Å². The standard InChI is InChI=1S/C41H52N8O3.CH3.Ni/c1-46(2)40(52)37-24-34-25-43-41(45-39(34)49(37)35-10-3-4-11-35)44-38-13-12-36(26-42-38)48-20-14-29(15-21-48)27-47-18-16-30(17-19-47)31-7-5-8-32(23-31)33(28-51)9-6-22-50;;/h5,7-8,12-13,23-26,28-30,33,35,51H,3-4,6,9-11,14-21,27H2,1-2H3,(H,42,43,44,45);1H3;/q-2;-1;+3. The Morgan fingerprint density at radius 2 is 1.76 bits per heavy atom. The molecule has 11 nitrogen and oxygen atoms in total. The van der Waals surface area contributed by atoms with Crippen molar-refractivity contribution < 1.29 is 31.2 Å². The van der Waals surface area contributed by atoms with E-state index >= 15 is 0 Å². The van der Waals surface area contributed by atoms with Crippen LogP contribution < -0.4 is 10.2 Å². The van der Waals surface area contributed by atoms with Gasteiger partial charge in [0.1, 0.15) is 17.2 Å². The van der Waals surface area contributed by atoms with Gasteiger partial charge in [0.05, 0.1) is 11.9 Å². The molecule has 291 valence electrons. The topological polar surface area (TPSA) is 120 Å². The predicted molar refractivity (Wildman–Crippen MR) is 211 cm³/mol. The van der Waals surface area contributed by atoms with E-state index in [1.54, 1.807) is 25.2 Å². The fourth-order valence-electron chi connectivity index (χ4n) is 8.53. The fraction of sp³-hybridized carbons (Fsp3) is 0.500. The van der Waals surface area contributed by atoms with Gasteiger partial charge in [0.2, 0.25) is 5.95 Å². The van der Waals surface area contributed by atoms with E-state index in [4.69, 9.17) is 9.97 Å². The molecule has 1 amide bonds. The summed E-state index contributed by atoms with van der Waals surface area (Å²) < 4.78 is 2.13. The molecular weight excluding hydrogens is 723 g/mol. The quantitative estimate of drug-likeness (QED) is 0.106. The number of aromatic nitrogens is 4. The molecule has 1 aliphatic carbocycles. The molecule has 1 atom stereocenters. The zero-order valence-corrected chi connectivity index (χ0v) is 32.9. The van der Waals surface area contributed by atoms with Crippen molar-refractivity contribution in [3.05, 3.63) is 85.7 Å². The minimum Gasteiger partial charge on any atom is -0.565 e. The summed E-state index contributed by atoms with van der Waals surface area (Å²) in [4.78, 5) is 44.7. The molecule has 1 radical (unpaired) electrons. The van der Waals surface area contributed by atoms with Crippen molar-refractivity contribution in [3.63, 3.8) is 0 Å². The molecule has 1 unspecified atom stereocenters. The van der Waals surface area contributed by atoms with E-state index in [-0.39, 0.29) is 41.8 Å². The first kappa shape index (κ1) is 41.3. The van der Waals surface area contributed by atoms with E-state index in [0.29, 0.717) is 42.1 Å². The SMILES string of the molecule is CN(C)C(=O)c1cc2cnc(Nc3ccc(N4CCC(CN5CCC(c6cccc(C([CH-]O)CC[C-]=O)c6)CC5)CC4)cn3)nc2n1C1CCCC1.[CH3-].[Ni+3]. The fourth-order valence-corrected chi connectivity index (χ4v) is 8.53. The van der Waals surface area contributed by atoms with Crippen LogP contribution in [0.1, 0.15) is 104 Å². The van der Waals surface area contributed by atoms with Crippen LogP contribution in [0, 0.1) is 20.0 Å². The first-order chi connectivity index (χ1) is 25.4. The molecule has 7 rings (SSSR count). The summed E-state index contributed by atoms with van der Waals surface area (Å²) in [6, 6.07) is 14.9. The number of anilines is 3. The number of fused-ring (bicyclic) bond motifs is 1. The summed E-state index contributed by atoms with van der Waals surface area (Å²) in [5.41, 5.74) is 5.03. The first-order valence-electron chi connectivity index (χ1n) is 19.1. The average molecular weight is 779 g/mol. The number of hydrogen-bond acceptors (Lipinski definition) is 9. The maximum atomic E-state index is 13.1. The molecule has 0 spiro atoms. The van der Waals surface area contributed by atoms with Crippen molar-refractivity contribution in [1.82, 2.24) is 29.3 Å². The Hall–Kier alpha value is -3.86. The zero-order valence-electron chi connectivity index (χ0n) is 31.9. The third-order valence-corrected chi connectivity index (χ3v) is 11.5. The average Bonchev–Trinajstić information content (AvgIpc) is 3.84. The van der Waals surface area contributed by atoms with E-state index in [1.165, 1.54) is 25.0 Å². The molecule has 5 heterocycles. The first-order valence-corrected chi connectivity index (χ1v) is 19.1. The van der Waals surface area contributed by atoms with Crippen molar-refractivity contribution >= 4 is 40.7 Å². The molecule has 2 N–H and O–H groups in total. The third kappa shape index (κ3) is 9.50. The van der Waals surface area contributed by atoms with Gasteiger partial charge in [0, 0.05) is 51.4 Å². The summed E-state index contributed by atoms with van der Waals surface area (Å²) in [7, 11) is 3.58. The normalized spacial score (nSPS) is 17.9. The van der Waals surface area contributed by atoms with E-state index in [0.717, 1.165) is 93.5 Å². The molecule has 1 saturated carbocycles. The minimum absolute atomic E-state index is 0. The molecular formula is C42H55N8NiO3. The Morgan fingerprint density at radius 3 is 2.43 bits per heavy atom. The van der Waals surface area contributed by atoms with Gasteiger partial charge in [-0.25, -0.2) is 16.6 Å². The van der Waals surface area contributed by atoms with Gasteiger partial charge in [-0.3, -0.25) is 11.1 Å². The van der Waals surface area contributed by atoms with Crippen LogP contribution in [0.15, 0.2) is 54.9 Å². The number of carbonyl (C=O) groups excluding carboxylic acids is 2. The molecule has 12 heteroatoms. The monoisotopic (exact) mass is 777 g/mol. The molecule has 54 heavy (non-hydrogen) atoms. The summed E-state index contributed by atoms with van der Waals surface area (Å²) in [6.45, 7) is 6.65. The molecule has 2 saturated heterocycles. The molecule has 2 aliphatic heterocycles. The minimum atomic E-state index is -0.121. The summed E-state index contributed by atoms with van der Waals surface area (Å²) in [5.74, 6) is 2.27. The van der Waals surface area contributed by atoms with Gasteiger partial charge in [0.25, 0.3) is 5.91 Å². The van der Waals surface area contributed by atoms with Crippen LogP contribution in [0.5, 0.6) is 0 Å². The number of benzene rings is 1. The van der Waals surface area contributed by atoms with Gasteiger partial charge in [0.15, 0.2) is 0 Å². The maximum absolute atomic E-state index is 13.1. The van der Waals surface area contributed by atoms with Crippen LogP contribution in [0.3, 0.4) is 0 Å². The van der Waals surface area contributed by atoms with E-state index in [2.05, 4.69) is 48.9 Å². The maximum Gasteiger partial charge on any atom is 3.00 e. The second-order valence-corrected chi connectivity index (χ2v) is 15.2. The van der Waals surface area contributed by atoms with Gasteiger partial charge in [-0.1, -0.05) is 49.1 Å². The van der Waals surface area contributed by atoms with Crippen molar-refractivity contribution in [3.8, 4) is 0 Å². The number of rotatable bonds is 13. The number of pyridine rings is 1. The number of amides is 1. The number of nitrogens with one attached hydrogen (secondary N) is 1. The molecule has 4 aromatic rings. The number of aliphatic hydroxyl groups is 1. The Morgan fingerprint density at radius 1 is 1.00 bits per heavy atom. The number of piperidine rings is 2. The van der Waals surface area contributed by atoms with Crippen LogP contribution in [0.2, 0.25) is 0 Å². The Balaban J connectivity index is 0.00000280. The summed E-state index contributed by atoms with van der Waals surface area (Å²) >= 11 is 0. The number of aliphatic hydroxyl groups excluding tert-OH is 1. The van der Waals surface area contributed by atoms with Gasteiger partial charge < -0.3 is 41.9 Å². The van der Waals surface area contributed by atoms with Gasteiger partial charge >= 0.3 is 16.5 Å². The van der Waals surface area contributed by atoms with Gasteiger partial charge in [-0.15, -0.1) is 5.92 Å². The molecule has 3 aromatic heterocycles. The van der Waals surface area contributed by atoms with Crippen molar-refractivity contribution in [2.24, 2.45) is 5.92 Å². The van der Waals surface area contributed by atoms with Crippen molar-refractivity contribution in [2.75, 3.05) is 57.0 Å². The van der Waals surface area contributed by atoms with Crippen molar-refractivity contribution in [2.45, 2.75) is 82.1 Å². The second kappa shape index (κ2) is 19.1. The summed E-state index contributed by atoms with van der Waals surface area (Å²) in [5, 5.41) is 13.9. The summed E-state index contributed by atoms with van der Waals surface area (Å²) in [6.07, 6.45) is 15.7. The molecule has 3 fully saturated rings. The van der Waals surface area contributed by atoms with Crippen LogP contribution >= 0.6 is 0 Å². The number of hydrogen-bond donors (Lipinski definition) is 2. The predicted octanol–water partition coefficient (Wildman–Crippen LogP) is 7.44. The van der Waals surface area contributed by atoms with Crippen LogP contribution in [0.4, 0.5) is 17.5 Å². The van der Waals surface area contributed by atoms with Crippen LogP contribution in [0.25, 0.3) is 11.0 Å². The smallest absolute Gasteiger partial charge is 0.565 e.